The van der Waals surface area contributed by atoms with Gasteiger partial charge in [0.05, 0.1) is 16.7 Å². The van der Waals surface area contributed by atoms with Gasteiger partial charge in [0.15, 0.2) is 0 Å². The third-order valence-corrected chi connectivity index (χ3v) is 4.40. The van der Waals surface area contributed by atoms with Crippen molar-refractivity contribution in [3.8, 4) is 28.0 Å². The zero-order valence-corrected chi connectivity index (χ0v) is 15.0. The smallest absolute Gasteiger partial charge is 0.416 e. The molecule has 0 heterocycles. The number of benzene rings is 3. The van der Waals surface area contributed by atoms with Gasteiger partial charge in [0, 0.05) is 5.56 Å². The minimum atomic E-state index is -5.07. The molecule has 0 unspecified atom stereocenters. The number of alkyl halides is 6. The molecule has 30 heavy (non-hydrogen) atoms. The zero-order valence-electron chi connectivity index (χ0n) is 15.0. The summed E-state index contributed by atoms with van der Waals surface area (Å²) in [6, 6.07) is 11.4. The first-order chi connectivity index (χ1) is 13.9. The van der Waals surface area contributed by atoms with Gasteiger partial charge in [0.1, 0.15) is 5.75 Å². The second-order valence-electron chi connectivity index (χ2n) is 6.41. The maximum Gasteiger partial charge on any atom is 0.416 e. The quantitative estimate of drug-likeness (QED) is 0.516. The third-order valence-electron chi connectivity index (χ3n) is 4.40. The van der Waals surface area contributed by atoms with Crippen LogP contribution < -0.4 is 5.73 Å². The van der Waals surface area contributed by atoms with E-state index in [1.54, 1.807) is 30.3 Å². The molecule has 9 heteroatoms. The van der Waals surface area contributed by atoms with Crippen molar-refractivity contribution in [3.05, 3.63) is 77.4 Å². The van der Waals surface area contributed by atoms with Gasteiger partial charge in [-0.05, 0) is 41.0 Å². The summed E-state index contributed by atoms with van der Waals surface area (Å²) in [7, 11) is 0. The van der Waals surface area contributed by atoms with Crippen molar-refractivity contribution in [2.24, 2.45) is 5.73 Å². The molecule has 156 valence electrons. The largest absolute Gasteiger partial charge is 0.506 e. The summed E-state index contributed by atoms with van der Waals surface area (Å²) < 4.78 is 79.7. The summed E-state index contributed by atoms with van der Waals surface area (Å²) in [4.78, 5) is 11.6. The highest BCUT2D eigenvalue weighted by molar-refractivity contribution is 6.01. The predicted octanol–water partition coefficient (Wildman–Crippen LogP) is 5.86. The lowest BCUT2D eigenvalue weighted by Gasteiger charge is -2.18. The second kappa shape index (κ2) is 7.40. The van der Waals surface area contributed by atoms with Crippen LogP contribution in [0.2, 0.25) is 0 Å². The van der Waals surface area contributed by atoms with Crippen molar-refractivity contribution >= 4 is 5.91 Å². The lowest BCUT2D eigenvalue weighted by Crippen LogP contribution is -2.13. The summed E-state index contributed by atoms with van der Waals surface area (Å²) in [5, 5.41) is 10.6. The second-order valence-corrected chi connectivity index (χ2v) is 6.41. The molecule has 0 saturated carbocycles. The molecule has 1 amide bonds. The molecule has 0 spiro atoms. The van der Waals surface area contributed by atoms with E-state index in [1.807, 2.05) is 0 Å². The molecule has 0 atom stereocenters. The van der Waals surface area contributed by atoms with E-state index in [-0.39, 0.29) is 17.2 Å². The molecule has 0 aliphatic rings. The number of aromatic hydroxyl groups is 1. The number of nitrogens with two attached hydrogens (primary N) is 1. The topological polar surface area (TPSA) is 63.3 Å². The Kier molecular flexibility index (Phi) is 5.23. The van der Waals surface area contributed by atoms with Gasteiger partial charge in [-0.2, -0.15) is 26.3 Å². The number of phenols is 1. The molecule has 0 fully saturated rings. The number of hydrogen-bond acceptors (Lipinski definition) is 2. The molecule has 0 aromatic heterocycles. The van der Waals surface area contributed by atoms with Gasteiger partial charge in [0.2, 0.25) is 0 Å². The Bertz CT molecular complexity index is 1070. The van der Waals surface area contributed by atoms with Crippen molar-refractivity contribution in [2.75, 3.05) is 0 Å². The van der Waals surface area contributed by atoms with Crippen molar-refractivity contribution in [1.29, 1.82) is 0 Å². The average Bonchev–Trinajstić information content (AvgIpc) is 2.66. The Hall–Kier alpha value is -3.49. The maximum atomic E-state index is 13.3. The van der Waals surface area contributed by atoms with E-state index in [0.29, 0.717) is 17.7 Å². The summed E-state index contributed by atoms with van der Waals surface area (Å²) in [5.74, 6) is -1.90. The molecule has 3 rings (SSSR count). The highest BCUT2D eigenvalue weighted by Gasteiger charge is 2.37. The van der Waals surface area contributed by atoms with E-state index in [1.165, 1.54) is 6.07 Å². The van der Waals surface area contributed by atoms with Crippen molar-refractivity contribution in [1.82, 2.24) is 0 Å². The van der Waals surface area contributed by atoms with E-state index in [4.69, 9.17) is 5.73 Å². The fourth-order valence-corrected chi connectivity index (χ4v) is 3.04. The van der Waals surface area contributed by atoms with Gasteiger partial charge in [-0.25, -0.2) is 0 Å². The molecule has 3 aromatic carbocycles. The highest BCUT2D eigenvalue weighted by Crippen LogP contribution is 2.45. The first-order valence-corrected chi connectivity index (χ1v) is 8.40. The van der Waals surface area contributed by atoms with E-state index < -0.39 is 46.3 Å². The predicted molar refractivity (Wildman–Crippen MR) is 97.5 cm³/mol. The van der Waals surface area contributed by atoms with E-state index >= 15 is 0 Å². The Balaban J connectivity index is 2.41. The normalized spacial score (nSPS) is 12.1. The minimum Gasteiger partial charge on any atom is -0.506 e. The highest BCUT2D eigenvalue weighted by atomic mass is 19.4. The Labute approximate surface area is 166 Å². The molecule has 0 aliphatic carbocycles. The van der Waals surface area contributed by atoms with Gasteiger partial charge >= 0.3 is 12.4 Å². The van der Waals surface area contributed by atoms with Gasteiger partial charge in [-0.1, -0.05) is 36.4 Å². The van der Waals surface area contributed by atoms with Crippen LogP contribution >= 0.6 is 0 Å². The van der Waals surface area contributed by atoms with Gasteiger partial charge < -0.3 is 10.8 Å². The first-order valence-electron chi connectivity index (χ1n) is 8.40. The fraction of sp³-hybridized carbons (Fsp3) is 0.0952. The summed E-state index contributed by atoms with van der Waals surface area (Å²) >= 11 is 0. The van der Waals surface area contributed by atoms with E-state index in [2.05, 4.69) is 0 Å². The first kappa shape index (κ1) is 21.2. The van der Waals surface area contributed by atoms with Crippen LogP contribution in [0.4, 0.5) is 26.3 Å². The van der Waals surface area contributed by atoms with Crippen LogP contribution in [-0.4, -0.2) is 11.0 Å². The van der Waals surface area contributed by atoms with Gasteiger partial charge in [-0.15, -0.1) is 0 Å². The minimum absolute atomic E-state index is 0.0132. The fourth-order valence-electron chi connectivity index (χ4n) is 3.04. The number of halogens is 6. The molecule has 3 aromatic rings. The lowest BCUT2D eigenvalue weighted by molar-refractivity contribution is -0.143. The molecular weight excluding hydrogens is 412 g/mol. The van der Waals surface area contributed by atoms with Gasteiger partial charge in [0.25, 0.3) is 5.91 Å². The number of hydrogen-bond donors (Lipinski definition) is 2. The average molecular weight is 425 g/mol. The van der Waals surface area contributed by atoms with Gasteiger partial charge in [-0.3, -0.25) is 4.79 Å². The molecular formula is C21H13F6NO2. The number of primary amides is 1. The van der Waals surface area contributed by atoms with Crippen LogP contribution in [0.15, 0.2) is 60.7 Å². The van der Waals surface area contributed by atoms with Crippen molar-refractivity contribution in [2.45, 2.75) is 12.4 Å². The number of rotatable bonds is 3. The lowest BCUT2D eigenvalue weighted by atomic mass is 9.89. The van der Waals surface area contributed by atoms with Crippen LogP contribution in [0.25, 0.3) is 22.3 Å². The SMILES string of the molecule is NC(=O)c1ccc(-c2ccccc2)c(-c2cc(C(F)(F)F)cc(C(F)(F)F)c2)c1O. The molecule has 0 radical (unpaired) electrons. The Morgan fingerprint density at radius 2 is 1.30 bits per heavy atom. The Morgan fingerprint density at radius 3 is 1.77 bits per heavy atom. The van der Waals surface area contributed by atoms with Crippen LogP contribution in [0.1, 0.15) is 21.5 Å². The van der Waals surface area contributed by atoms with Crippen LogP contribution in [0.5, 0.6) is 5.75 Å². The third kappa shape index (κ3) is 4.10. The zero-order chi connectivity index (χ0) is 22.3. The summed E-state index contributed by atoms with van der Waals surface area (Å²) in [6.45, 7) is 0. The molecule has 0 bridgehead atoms. The van der Waals surface area contributed by atoms with E-state index in [9.17, 15) is 36.2 Å². The molecule has 3 N–H and O–H groups in total. The van der Waals surface area contributed by atoms with Crippen molar-refractivity contribution < 1.29 is 36.2 Å². The van der Waals surface area contributed by atoms with E-state index in [0.717, 1.165) is 6.07 Å². The van der Waals surface area contributed by atoms with Crippen LogP contribution in [-0.2, 0) is 12.4 Å². The monoisotopic (exact) mass is 425 g/mol. The number of carbonyl (C=O) groups excluding carboxylic acids is 1. The maximum absolute atomic E-state index is 13.3. The molecule has 0 saturated heterocycles. The summed E-state index contributed by atoms with van der Waals surface area (Å²) in [5.41, 5.74) is 1.27. The van der Waals surface area contributed by atoms with Crippen LogP contribution in [0.3, 0.4) is 0 Å². The number of carbonyl (C=O) groups is 1. The molecule has 0 aliphatic heterocycles. The van der Waals surface area contributed by atoms with Crippen molar-refractivity contribution in [3.63, 3.8) is 0 Å². The number of amides is 1. The van der Waals surface area contributed by atoms with Crippen LogP contribution in [0, 0.1) is 0 Å². The molecule has 3 nitrogen and oxygen atoms in total. The standard InChI is InChI=1S/C21H13F6NO2/c22-20(23,24)13-8-12(9-14(10-13)21(25,26)27)17-15(11-4-2-1-3-5-11)6-7-16(18(17)29)19(28)30/h1-10,29H,(H2,28,30). The Morgan fingerprint density at radius 1 is 0.767 bits per heavy atom. The summed E-state index contributed by atoms with van der Waals surface area (Å²) in [6.07, 6.45) is -10.1.